The van der Waals surface area contributed by atoms with Crippen molar-refractivity contribution in [2.45, 2.75) is 32.1 Å². The average Bonchev–Trinajstić information content (AvgIpc) is 2.84. The first-order chi connectivity index (χ1) is 12.2. The first-order valence-corrected chi connectivity index (χ1v) is 9.00. The normalized spacial score (nSPS) is 20.3. The average molecular weight is 346 g/mol. The number of fused-ring (bicyclic) bond motifs is 1. The Morgan fingerprint density at radius 2 is 2.24 bits per heavy atom. The highest BCUT2D eigenvalue weighted by Crippen LogP contribution is 2.30. The van der Waals surface area contributed by atoms with Gasteiger partial charge in [0.25, 0.3) is 0 Å². The van der Waals surface area contributed by atoms with Gasteiger partial charge in [-0.3, -0.25) is 9.59 Å². The van der Waals surface area contributed by atoms with Crippen LogP contribution in [-0.4, -0.2) is 50.1 Å². The number of ether oxygens (including phenoxy) is 2. The lowest BCUT2D eigenvalue weighted by Gasteiger charge is -2.26. The van der Waals surface area contributed by atoms with Crippen molar-refractivity contribution in [2.24, 2.45) is 5.92 Å². The van der Waals surface area contributed by atoms with Crippen LogP contribution >= 0.6 is 0 Å². The van der Waals surface area contributed by atoms with Crippen LogP contribution in [0.15, 0.2) is 18.2 Å². The van der Waals surface area contributed by atoms with Crippen LogP contribution in [0, 0.1) is 5.92 Å². The maximum atomic E-state index is 12.2. The first-order valence-electron chi connectivity index (χ1n) is 9.00. The number of nitrogens with one attached hydrogen (secondary N) is 1. The highest BCUT2D eigenvalue weighted by atomic mass is 16.5. The minimum absolute atomic E-state index is 0.0872. The molecule has 0 aromatic heterocycles. The van der Waals surface area contributed by atoms with Gasteiger partial charge in [-0.05, 0) is 30.9 Å². The van der Waals surface area contributed by atoms with E-state index in [9.17, 15) is 9.59 Å². The quantitative estimate of drug-likeness (QED) is 0.882. The van der Waals surface area contributed by atoms with Crippen LogP contribution in [0.25, 0.3) is 0 Å². The zero-order valence-electron chi connectivity index (χ0n) is 14.8. The van der Waals surface area contributed by atoms with Crippen LogP contribution < -0.4 is 14.8 Å². The van der Waals surface area contributed by atoms with Crippen LogP contribution in [0.5, 0.6) is 11.5 Å². The summed E-state index contributed by atoms with van der Waals surface area (Å²) in [5.41, 5.74) is 1.13. The van der Waals surface area contributed by atoms with E-state index in [4.69, 9.17) is 9.47 Å². The van der Waals surface area contributed by atoms with E-state index in [-0.39, 0.29) is 24.3 Å². The van der Waals surface area contributed by atoms with E-state index >= 15 is 0 Å². The summed E-state index contributed by atoms with van der Waals surface area (Å²) in [4.78, 5) is 25.8. The molecule has 0 saturated carbocycles. The number of amides is 2. The molecule has 2 aliphatic heterocycles. The lowest BCUT2D eigenvalue weighted by molar-refractivity contribution is -0.135. The molecule has 6 nitrogen and oxygen atoms in total. The summed E-state index contributed by atoms with van der Waals surface area (Å²) in [6.07, 6.45) is 4.40. The molecule has 0 aliphatic carbocycles. The molecule has 2 amide bonds. The first kappa shape index (κ1) is 17.6. The van der Waals surface area contributed by atoms with Crippen molar-refractivity contribution in [3.63, 3.8) is 0 Å². The number of likely N-dealkylation sites (tertiary alicyclic amines) is 1. The molecule has 1 atom stereocenters. The lowest BCUT2D eigenvalue weighted by Crippen LogP contribution is -2.43. The van der Waals surface area contributed by atoms with Gasteiger partial charge in [-0.2, -0.15) is 0 Å². The van der Waals surface area contributed by atoms with Crippen LogP contribution in [-0.2, 0) is 16.0 Å². The van der Waals surface area contributed by atoms with Crippen LogP contribution in [0.4, 0.5) is 0 Å². The smallest absolute Gasteiger partial charge is 0.239 e. The third kappa shape index (κ3) is 4.65. The molecule has 1 aromatic carbocycles. The van der Waals surface area contributed by atoms with Crippen molar-refractivity contribution < 1.29 is 19.1 Å². The van der Waals surface area contributed by atoms with Gasteiger partial charge in [0.05, 0.1) is 20.3 Å². The number of benzene rings is 1. The number of carbonyl (C=O) groups excluding carboxylic acids is 2. The molecule has 6 heteroatoms. The van der Waals surface area contributed by atoms with Crippen LogP contribution in [0.2, 0.25) is 0 Å². The summed E-state index contributed by atoms with van der Waals surface area (Å²) < 4.78 is 11.0. The van der Waals surface area contributed by atoms with Crippen molar-refractivity contribution >= 4 is 11.8 Å². The SMILES string of the molecule is COc1ccc2c(c1)OCC(CNC(=O)CN1CCCCCC1=O)C2. The van der Waals surface area contributed by atoms with E-state index in [2.05, 4.69) is 5.32 Å². The summed E-state index contributed by atoms with van der Waals surface area (Å²) in [7, 11) is 1.64. The van der Waals surface area contributed by atoms with Gasteiger partial charge in [0.1, 0.15) is 11.5 Å². The predicted octanol–water partition coefficient (Wildman–Crippen LogP) is 1.77. The Bertz CT molecular complexity index is 632. The second-order valence-corrected chi connectivity index (χ2v) is 6.78. The highest BCUT2D eigenvalue weighted by molar-refractivity contribution is 5.84. The standard InChI is InChI=1S/C19H26N2O4/c1-24-16-7-6-15-9-14(13-25-17(15)10-16)11-20-18(22)12-21-8-4-2-3-5-19(21)23/h6-7,10,14H,2-5,8-9,11-13H2,1H3,(H,20,22). The molecular weight excluding hydrogens is 320 g/mol. The number of nitrogens with zero attached hydrogens (tertiary/aromatic N) is 1. The Kier molecular flexibility index (Phi) is 5.79. The van der Waals surface area contributed by atoms with Crippen molar-refractivity contribution in [3.05, 3.63) is 23.8 Å². The van der Waals surface area contributed by atoms with E-state index in [1.165, 1.54) is 0 Å². The van der Waals surface area contributed by atoms with Crippen molar-refractivity contribution in [2.75, 3.05) is 33.4 Å². The van der Waals surface area contributed by atoms with Gasteiger partial charge in [-0.1, -0.05) is 12.5 Å². The van der Waals surface area contributed by atoms with Crippen molar-refractivity contribution in [3.8, 4) is 11.5 Å². The number of hydrogen-bond acceptors (Lipinski definition) is 4. The molecule has 3 rings (SSSR count). The van der Waals surface area contributed by atoms with E-state index in [1.54, 1.807) is 12.0 Å². The summed E-state index contributed by atoms with van der Waals surface area (Å²) in [5.74, 6) is 1.89. The second kappa shape index (κ2) is 8.23. The molecule has 1 N–H and O–H groups in total. The molecule has 0 bridgehead atoms. The molecule has 2 heterocycles. The van der Waals surface area contributed by atoms with Gasteiger partial charge in [0.15, 0.2) is 0 Å². The van der Waals surface area contributed by atoms with Gasteiger partial charge < -0.3 is 19.7 Å². The maximum absolute atomic E-state index is 12.2. The summed E-state index contributed by atoms with van der Waals surface area (Å²) in [6.45, 7) is 1.99. The summed E-state index contributed by atoms with van der Waals surface area (Å²) >= 11 is 0. The lowest BCUT2D eigenvalue weighted by atomic mass is 9.96. The van der Waals surface area contributed by atoms with Crippen LogP contribution in [0.3, 0.4) is 0 Å². The molecule has 136 valence electrons. The molecule has 2 aliphatic rings. The molecule has 1 unspecified atom stereocenters. The third-order valence-corrected chi connectivity index (χ3v) is 4.85. The second-order valence-electron chi connectivity index (χ2n) is 6.78. The topological polar surface area (TPSA) is 67.9 Å². The minimum Gasteiger partial charge on any atom is -0.497 e. The van der Waals surface area contributed by atoms with Crippen molar-refractivity contribution in [1.29, 1.82) is 0 Å². The van der Waals surface area contributed by atoms with Gasteiger partial charge in [-0.25, -0.2) is 0 Å². The Hall–Kier alpha value is -2.24. The van der Waals surface area contributed by atoms with E-state index in [1.807, 2.05) is 18.2 Å². The van der Waals surface area contributed by atoms with Gasteiger partial charge in [-0.15, -0.1) is 0 Å². The molecule has 25 heavy (non-hydrogen) atoms. The summed E-state index contributed by atoms with van der Waals surface area (Å²) in [5, 5.41) is 2.96. The summed E-state index contributed by atoms with van der Waals surface area (Å²) in [6, 6.07) is 5.83. The van der Waals surface area contributed by atoms with Gasteiger partial charge in [0.2, 0.25) is 11.8 Å². The molecule has 1 aromatic rings. The third-order valence-electron chi connectivity index (χ3n) is 4.85. The largest absolute Gasteiger partial charge is 0.497 e. The van der Waals surface area contributed by atoms with Crippen molar-refractivity contribution in [1.82, 2.24) is 10.2 Å². The highest BCUT2D eigenvalue weighted by Gasteiger charge is 2.23. The molecular formula is C19H26N2O4. The van der Waals surface area contributed by atoms with Gasteiger partial charge in [0, 0.05) is 31.5 Å². The molecule has 0 radical (unpaired) electrons. The predicted molar refractivity (Wildman–Crippen MR) is 93.7 cm³/mol. The number of carbonyl (C=O) groups is 2. The van der Waals surface area contributed by atoms with E-state index in [0.717, 1.165) is 42.7 Å². The van der Waals surface area contributed by atoms with E-state index in [0.29, 0.717) is 26.1 Å². The Morgan fingerprint density at radius 3 is 3.08 bits per heavy atom. The molecule has 1 fully saturated rings. The Labute approximate surface area is 148 Å². The maximum Gasteiger partial charge on any atom is 0.239 e. The van der Waals surface area contributed by atoms with Crippen LogP contribution in [0.1, 0.15) is 31.2 Å². The van der Waals surface area contributed by atoms with Gasteiger partial charge >= 0.3 is 0 Å². The fraction of sp³-hybridized carbons (Fsp3) is 0.579. The minimum atomic E-state index is -0.0872. The zero-order chi connectivity index (χ0) is 17.6. The Morgan fingerprint density at radius 1 is 1.36 bits per heavy atom. The molecule has 1 saturated heterocycles. The van der Waals surface area contributed by atoms with E-state index < -0.39 is 0 Å². The fourth-order valence-corrected chi connectivity index (χ4v) is 3.37. The number of rotatable bonds is 5. The molecule has 0 spiro atoms. The zero-order valence-corrected chi connectivity index (χ0v) is 14.8. The number of hydrogen-bond donors (Lipinski definition) is 1. The number of methoxy groups -OCH3 is 1. The Balaban J connectivity index is 1.47. The fourth-order valence-electron chi connectivity index (χ4n) is 3.37. The monoisotopic (exact) mass is 346 g/mol.